The molecule has 0 spiro atoms. The van der Waals surface area contributed by atoms with Crippen molar-refractivity contribution in [3.8, 4) is 0 Å². The molecule has 3 aromatic rings. The van der Waals surface area contributed by atoms with Crippen molar-refractivity contribution < 1.29 is 0 Å². The molecule has 27 heavy (non-hydrogen) atoms. The summed E-state index contributed by atoms with van der Waals surface area (Å²) in [5, 5.41) is 4.65. The molecule has 1 atom stereocenters. The fourth-order valence-electron chi connectivity index (χ4n) is 5.01. The average molecular weight is 363 g/mol. The normalized spacial score (nSPS) is 20.3. The van der Waals surface area contributed by atoms with E-state index in [0.29, 0.717) is 5.92 Å². The maximum absolute atomic E-state index is 2.46. The molecular weight excluding hydrogens is 343 g/mol. The zero-order chi connectivity index (χ0) is 17.8. The first kappa shape index (κ1) is 15.4. The van der Waals surface area contributed by atoms with Crippen LogP contribution >= 0.6 is 7.26 Å². The molecule has 0 fully saturated rings. The largest absolute Gasteiger partial charge is 0.119 e. The van der Waals surface area contributed by atoms with Crippen molar-refractivity contribution in [2.24, 2.45) is 0 Å². The Labute approximate surface area is 160 Å². The van der Waals surface area contributed by atoms with Crippen molar-refractivity contribution in [1.82, 2.24) is 0 Å². The molecule has 0 aromatic heterocycles. The summed E-state index contributed by atoms with van der Waals surface area (Å²) >= 11 is 0. The summed E-state index contributed by atoms with van der Waals surface area (Å²) in [6, 6.07) is 27.2. The molecule has 0 amide bonds. The summed E-state index contributed by atoms with van der Waals surface area (Å²) in [5.41, 5.74) is 5.96. The van der Waals surface area contributed by atoms with Crippen LogP contribution in [0.25, 0.3) is 6.08 Å². The SMILES string of the molecule is C1=CC2=Cc3c(ccc4c3[P+](c3ccccc3)(c3ccccc3)C4)C2C=C1. The van der Waals surface area contributed by atoms with E-state index < -0.39 is 7.26 Å². The van der Waals surface area contributed by atoms with Gasteiger partial charge in [0.25, 0.3) is 0 Å². The third-order valence-corrected chi connectivity index (χ3v) is 10.7. The van der Waals surface area contributed by atoms with Crippen LogP contribution in [0.4, 0.5) is 0 Å². The maximum atomic E-state index is 2.46. The molecule has 0 bridgehead atoms. The van der Waals surface area contributed by atoms with Gasteiger partial charge in [-0.15, -0.1) is 0 Å². The first-order valence-electron chi connectivity index (χ1n) is 9.60. The van der Waals surface area contributed by atoms with Gasteiger partial charge >= 0.3 is 0 Å². The molecule has 6 rings (SSSR count). The van der Waals surface area contributed by atoms with Gasteiger partial charge < -0.3 is 0 Å². The second-order valence-electron chi connectivity index (χ2n) is 7.58. The highest BCUT2D eigenvalue weighted by atomic mass is 31.2. The summed E-state index contributed by atoms with van der Waals surface area (Å²) in [4.78, 5) is 0. The first-order valence-corrected chi connectivity index (χ1v) is 11.6. The van der Waals surface area contributed by atoms with E-state index in [4.69, 9.17) is 0 Å². The Morgan fingerprint density at radius 3 is 2.15 bits per heavy atom. The smallest absolute Gasteiger partial charge is 0.0726 e. The van der Waals surface area contributed by atoms with Gasteiger partial charge in [0, 0.05) is 17.0 Å². The summed E-state index contributed by atoms with van der Waals surface area (Å²) in [5.74, 6) is 0.435. The highest BCUT2D eigenvalue weighted by molar-refractivity contribution is 7.96. The van der Waals surface area contributed by atoms with Crippen molar-refractivity contribution in [3.63, 3.8) is 0 Å². The van der Waals surface area contributed by atoms with Crippen LogP contribution in [-0.4, -0.2) is 0 Å². The van der Waals surface area contributed by atoms with Gasteiger partial charge in [0.15, 0.2) is 0 Å². The van der Waals surface area contributed by atoms with Crippen LogP contribution in [0.2, 0.25) is 0 Å². The average Bonchev–Trinajstić information content (AvgIpc) is 3.07. The minimum absolute atomic E-state index is 0.435. The summed E-state index contributed by atoms with van der Waals surface area (Å²) in [6.07, 6.45) is 12.6. The summed E-state index contributed by atoms with van der Waals surface area (Å²) in [6.45, 7) is 0. The van der Waals surface area contributed by atoms with Crippen LogP contribution in [0, 0.1) is 0 Å². The lowest BCUT2D eigenvalue weighted by atomic mass is 9.92. The Kier molecular flexibility index (Phi) is 3.22. The van der Waals surface area contributed by atoms with Gasteiger partial charge in [0.05, 0.1) is 0 Å². The van der Waals surface area contributed by atoms with Gasteiger partial charge in [0.1, 0.15) is 29.3 Å². The molecule has 1 heteroatoms. The standard InChI is InChI=1S/C26H20P/c1-3-10-21(11-4-1)27(22-12-5-2-6-13-22)18-20-15-16-24-23-14-8-7-9-19(23)17-25(24)26(20)27/h1-17,23H,18H2/q+1. The topological polar surface area (TPSA) is 0 Å². The number of allylic oxidation sites excluding steroid dienone is 5. The highest BCUT2D eigenvalue weighted by Crippen LogP contribution is 2.67. The third kappa shape index (κ3) is 2.02. The van der Waals surface area contributed by atoms with Crippen molar-refractivity contribution >= 4 is 29.3 Å². The van der Waals surface area contributed by atoms with E-state index >= 15 is 0 Å². The molecule has 0 radical (unpaired) electrons. The van der Waals surface area contributed by atoms with Crippen molar-refractivity contribution in [2.75, 3.05) is 0 Å². The Bertz CT molecular complexity index is 1090. The lowest BCUT2D eigenvalue weighted by Gasteiger charge is -2.38. The summed E-state index contributed by atoms with van der Waals surface area (Å²) in [7, 11) is -1.55. The van der Waals surface area contributed by atoms with E-state index in [0.717, 1.165) is 0 Å². The predicted molar refractivity (Wildman–Crippen MR) is 118 cm³/mol. The Balaban J connectivity index is 1.65. The Morgan fingerprint density at radius 2 is 1.44 bits per heavy atom. The van der Waals surface area contributed by atoms with E-state index in [2.05, 4.69) is 103 Å². The van der Waals surface area contributed by atoms with Crippen molar-refractivity contribution in [1.29, 1.82) is 0 Å². The molecule has 0 nitrogen and oxygen atoms in total. The van der Waals surface area contributed by atoms with E-state index in [1.165, 1.54) is 33.5 Å². The quantitative estimate of drug-likeness (QED) is 0.556. The molecule has 0 N–H and O–H groups in total. The number of hydrogen-bond acceptors (Lipinski definition) is 0. The van der Waals surface area contributed by atoms with Gasteiger partial charge in [-0.05, 0) is 41.5 Å². The fraction of sp³-hybridized carbons (Fsp3) is 0.0769. The van der Waals surface area contributed by atoms with Crippen LogP contribution < -0.4 is 15.9 Å². The van der Waals surface area contributed by atoms with E-state index in [-0.39, 0.29) is 0 Å². The second kappa shape index (κ2) is 5.65. The monoisotopic (exact) mass is 363 g/mol. The van der Waals surface area contributed by atoms with Crippen LogP contribution in [-0.2, 0) is 6.16 Å². The second-order valence-corrected chi connectivity index (χ2v) is 11.0. The summed E-state index contributed by atoms with van der Waals surface area (Å²) < 4.78 is 0. The van der Waals surface area contributed by atoms with Gasteiger partial charge in [-0.1, -0.05) is 72.8 Å². The minimum atomic E-state index is -1.55. The molecule has 3 aromatic carbocycles. The number of hydrogen-bond donors (Lipinski definition) is 0. The van der Waals surface area contributed by atoms with Crippen LogP contribution in [0.15, 0.2) is 103 Å². The lowest BCUT2D eigenvalue weighted by molar-refractivity contribution is 1.05. The Morgan fingerprint density at radius 1 is 0.741 bits per heavy atom. The predicted octanol–water partition coefficient (Wildman–Crippen LogP) is 5.10. The number of benzene rings is 3. The van der Waals surface area contributed by atoms with Gasteiger partial charge in [0.2, 0.25) is 0 Å². The third-order valence-electron chi connectivity index (χ3n) is 6.23. The molecule has 3 aliphatic rings. The van der Waals surface area contributed by atoms with Gasteiger partial charge in [-0.3, -0.25) is 0 Å². The van der Waals surface area contributed by atoms with Crippen LogP contribution in [0.3, 0.4) is 0 Å². The van der Waals surface area contributed by atoms with Crippen LogP contribution in [0.1, 0.15) is 22.6 Å². The minimum Gasteiger partial charge on any atom is -0.0726 e. The molecule has 1 heterocycles. The molecule has 1 aliphatic heterocycles. The number of rotatable bonds is 2. The lowest BCUT2D eigenvalue weighted by Crippen LogP contribution is -2.43. The highest BCUT2D eigenvalue weighted by Gasteiger charge is 2.57. The molecule has 0 saturated heterocycles. The van der Waals surface area contributed by atoms with Gasteiger partial charge in [-0.2, -0.15) is 0 Å². The Hall–Kier alpha value is -2.69. The molecular formula is C26H20P+. The maximum Gasteiger partial charge on any atom is 0.119 e. The van der Waals surface area contributed by atoms with Crippen molar-refractivity contribution in [3.05, 3.63) is 119 Å². The first-order chi connectivity index (χ1) is 13.4. The van der Waals surface area contributed by atoms with Crippen LogP contribution in [0.5, 0.6) is 0 Å². The molecule has 128 valence electrons. The number of fused-ring (bicyclic) bond motifs is 5. The molecule has 2 aliphatic carbocycles. The fourth-order valence-corrected chi connectivity index (χ4v) is 9.47. The zero-order valence-electron chi connectivity index (χ0n) is 15.0. The molecule has 0 saturated carbocycles. The van der Waals surface area contributed by atoms with E-state index in [9.17, 15) is 0 Å². The van der Waals surface area contributed by atoms with Gasteiger partial charge in [-0.25, -0.2) is 0 Å². The molecule has 1 unspecified atom stereocenters. The zero-order valence-corrected chi connectivity index (χ0v) is 15.9. The van der Waals surface area contributed by atoms with E-state index in [1.54, 1.807) is 10.9 Å². The van der Waals surface area contributed by atoms with Crippen molar-refractivity contribution in [2.45, 2.75) is 12.1 Å². The van der Waals surface area contributed by atoms with E-state index in [1.807, 2.05) is 0 Å².